The van der Waals surface area contributed by atoms with Crippen molar-refractivity contribution in [2.75, 3.05) is 11.9 Å². The minimum absolute atomic E-state index is 0.116. The molecule has 0 heterocycles. The number of nitrogens with zero attached hydrogens (tertiary/aromatic N) is 1. The van der Waals surface area contributed by atoms with Gasteiger partial charge in [0.05, 0.1) is 0 Å². The zero-order valence-corrected chi connectivity index (χ0v) is 11.2. The Hall–Kier alpha value is -2.13. The number of aryl methyl sites for hydroxylation is 1. The standard InChI is InChI=1S/C16H18N2O/c1-12-8-10-13(11-9-12)15(17)16(19)18(2)14-6-4-3-5-7-14/h3-11,15H,17H2,1-2H3. The first-order valence-electron chi connectivity index (χ1n) is 6.24. The molecule has 0 aliphatic heterocycles. The molecule has 0 aliphatic rings. The van der Waals surface area contributed by atoms with Crippen LogP contribution in [0.5, 0.6) is 0 Å². The molecule has 0 saturated heterocycles. The quantitative estimate of drug-likeness (QED) is 0.915. The maximum absolute atomic E-state index is 12.3. The number of carbonyl (C=O) groups is 1. The molecule has 0 aliphatic carbocycles. The fraction of sp³-hybridized carbons (Fsp3) is 0.188. The van der Waals surface area contributed by atoms with Crippen molar-refractivity contribution >= 4 is 11.6 Å². The summed E-state index contributed by atoms with van der Waals surface area (Å²) < 4.78 is 0. The summed E-state index contributed by atoms with van der Waals surface area (Å²) in [5.74, 6) is -0.116. The molecule has 0 aromatic heterocycles. The van der Waals surface area contributed by atoms with E-state index in [9.17, 15) is 4.79 Å². The smallest absolute Gasteiger partial charge is 0.248 e. The largest absolute Gasteiger partial charge is 0.316 e. The summed E-state index contributed by atoms with van der Waals surface area (Å²) in [6.45, 7) is 2.01. The second-order valence-corrected chi connectivity index (χ2v) is 4.62. The first-order valence-corrected chi connectivity index (χ1v) is 6.24. The molecule has 0 spiro atoms. The summed E-state index contributed by atoms with van der Waals surface area (Å²) in [5, 5.41) is 0. The molecule has 3 heteroatoms. The molecular weight excluding hydrogens is 236 g/mol. The Kier molecular flexibility index (Phi) is 3.97. The van der Waals surface area contributed by atoms with Gasteiger partial charge in [-0.3, -0.25) is 4.79 Å². The lowest BCUT2D eigenvalue weighted by Gasteiger charge is -2.21. The van der Waals surface area contributed by atoms with E-state index in [1.807, 2.05) is 61.5 Å². The second-order valence-electron chi connectivity index (χ2n) is 4.62. The van der Waals surface area contributed by atoms with Crippen molar-refractivity contribution in [3.8, 4) is 0 Å². The number of amides is 1. The zero-order valence-electron chi connectivity index (χ0n) is 11.2. The van der Waals surface area contributed by atoms with Gasteiger partial charge in [0, 0.05) is 12.7 Å². The average Bonchev–Trinajstić information content (AvgIpc) is 2.46. The molecule has 2 aromatic rings. The number of rotatable bonds is 3. The van der Waals surface area contributed by atoms with E-state index in [2.05, 4.69) is 0 Å². The molecule has 0 bridgehead atoms. The molecular formula is C16H18N2O. The maximum Gasteiger partial charge on any atom is 0.248 e. The molecule has 0 saturated carbocycles. The van der Waals surface area contributed by atoms with Crippen LogP contribution in [0.2, 0.25) is 0 Å². The van der Waals surface area contributed by atoms with Gasteiger partial charge in [-0.15, -0.1) is 0 Å². The fourth-order valence-corrected chi connectivity index (χ4v) is 1.90. The molecule has 3 nitrogen and oxygen atoms in total. The highest BCUT2D eigenvalue weighted by Crippen LogP contribution is 2.18. The summed E-state index contributed by atoms with van der Waals surface area (Å²) in [6, 6.07) is 16.6. The number of hydrogen-bond acceptors (Lipinski definition) is 2. The molecule has 2 N–H and O–H groups in total. The van der Waals surface area contributed by atoms with Crippen LogP contribution in [0.25, 0.3) is 0 Å². The minimum Gasteiger partial charge on any atom is -0.316 e. The van der Waals surface area contributed by atoms with Crippen LogP contribution in [-0.2, 0) is 4.79 Å². The summed E-state index contributed by atoms with van der Waals surface area (Å²) >= 11 is 0. The Morgan fingerprint density at radius 2 is 1.63 bits per heavy atom. The highest BCUT2D eigenvalue weighted by atomic mass is 16.2. The summed E-state index contributed by atoms with van der Waals surface area (Å²) in [6.07, 6.45) is 0. The molecule has 19 heavy (non-hydrogen) atoms. The predicted molar refractivity (Wildman–Crippen MR) is 78.0 cm³/mol. The van der Waals surface area contributed by atoms with Crippen molar-refractivity contribution in [2.45, 2.75) is 13.0 Å². The van der Waals surface area contributed by atoms with Gasteiger partial charge in [0.25, 0.3) is 0 Å². The van der Waals surface area contributed by atoms with Gasteiger partial charge in [-0.1, -0.05) is 48.0 Å². The number of carbonyl (C=O) groups excluding carboxylic acids is 1. The highest BCUT2D eigenvalue weighted by molar-refractivity contribution is 5.97. The Bertz CT molecular complexity index is 549. The number of anilines is 1. The first kappa shape index (κ1) is 13.3. The number of nitrogens with two attached hydrogens (primary N) is 1. The Morgan fingerprint density at radius 3 is 2.21 bits per heavy atom. The molecule has 1 atom stereocenters. The molecule has 0 radical (unpaired) electrons. The van der Waals surface area contributed by atoms with Crippen LogP contribution in [0.4, 0.5) is 5.69 Å². The van der Waals surface area contributed by atoms with Crippen molar-refractivity contribution in [3.63, 3.8) is 0 Å². The van der Waals surface area contributed by atoms with E-state index < -0.39 is 6.04 Å². The van der Waals surface area contributed by atoms with E-state index in [1.165, 1.54) is 0 Å². The summed E-state index contributed by atoms with van der Waals surface area (Å²) in [7, 11) is 1.74. The number of para-hydroxylation sites is 1. The van der Waals surface area contributed by atoms with Crippen molar-refractivity contribution in [2.24, 2.45) is 5.73 Å². The van der Waals surface area contributed by atoms with Gasteiger partial charge in [-0.05, 0) is 24.6 Å². The van der Waals surface area contributed by atoms with Gasteiger partial charge in [0.1, 0.15) is 6.04 Å². The minimum atomic E-state index is -0.634. The van der Waals surface area contributed by atoms with E-state index in [0.717, 1.165) is 16.8 Å². The third-order valence-electron chi connectivity index (χ3n) is 3.18. The average molecular weight is 254 g/mol. The van der Waals surface area contributed by atoms with E-state index in [1.54, 1.807) is 11.9 Å². The molecule has 98 valence electrons. The van der Waals surface area contributed by atoms with Crippen LogP contribution in [0.15, 0.2) is 54.6 Å². The van der Waals surface area contributed by atoms with E-state index in [0.29, 0.717) is 0 Å². The Labute approximate surface area is 113 Å². The van der Waals surface area contributed by atoms with Crippen LogP contribution in [0.1, 0.15) is 17.2 Å². The van der Waals surface area contributed by atoms with Crippen LogP contribution < -0.4 is 10.6 Å². The summed E-state index contributed by atoms with van der Waals surface area (Å²) in [4.78, 5) is 13.9. The summed E-state index contributed by atoms with van der Waals surface area (Å²) in [5.41, 5.74) is 8.86. The van der Waals surface area contributed by atoms with Gasteiger partial charge < -0.3 is 10.6 Å². The fourth-order valence-electron chi connectivity index (χ4n) is 1.90. The van der Waals surface area contributed by atoms with Crippen molar-refractivity contribution in [3.05, 3.63) is 65.7 Å². The van der Waals surface area contributed by atoms with E-state index in [-0.39, 0.29) is 5.91 Å². The predicted octanol–water partition coefficient (Wildman–Crippen LogP) is 2.66. The molecule has 1 amide bonds. The van der Waals surface area contributed by atoms with Crippen LogP contribution in [0.3, 0.4) is 0 Å². The van der Waals surface area contributed by atoms with Crippen molar-refractivity contribution in [1.82, 2.24) is 0 Å². The zero-order chi connectivity index (χ0) is 13.8. The molecule has 1 unspecified atom stereocenters. The molecule has 0 fully saturated rings. The lowest BCUT2D eigenvalue weighted by molar-refractivity contribution is -0.119. The second kappa shape index (κ2) is 5.67. The van der Waals surface area contributed by atoms with Gasteiger partial charge >= 0.3 is 0 Å². The number of benzene rings is 2. The van der Waals surface area contributed by atoms with Crippen LogP contribution >= 0.6 is 0 Å². The third kappa shape index (κ3) is 3.01. The highest BCUT2D eigenvalue weighted by Gasteiger charge is 2.20. The number of likely N-dealkylation sites (N-methyl/N-ethyl adjacent to an activating group) is 1. The van der Waals surface area contributed by atoms with Crippen molar-refractivity contribution in [1.29, 1.82) is 0 Å². The van der Waals surface area contributed by atoms with Gasteiger partial charge in [0.15, 0.2) is 0 Å². The SMILES string of the molecule is Cc1ccc(C(N)C(=O)N(C)c2ccccc2)cc1. The van der Waals surface area contributed by atoms with E-state index in [4.69, 9.17) is 5.73 Å². The Balaban J connectivity index is 2.17. The lowest BCUT2D eigenvalue weighted by Crippen LogP contribution is -2.35. The third-order valence-corrected chi connectivity index (χ3v) is 3.18. The van der Waals surface area contributed by atoms with Gasteiger partial charge in [-0.25, -0.2) is 0 Å². The monoisotopic (exact) mass is 254 g/mol. The number of hydrogen-bond donors (Lipinski definition) is 1. The maximum atomic E-state index is 12.3. The topological polar surface area (TPSA) is 46.3 Å². The van der Waals surface area contributed by atoms with Gasteiger partial charge in [-0.2, -0.15) is 0 Å². The van der Waals surface area contributed by atoms with Gasteiger partial charge in [0.2, 0.25) is 5.91 Å². The van der Waals surface area contributed by atoms with Crippen LogP contribution in [-0.4, -0.2) is 13.0 Å². The first-order chi connectivity index (χ1) is 9.09. The van der Waals surface area contributed by atoms with Crippen molar-refractivity contribution < 1.29 is 4.79 Å². The lowest BCUT2D eigenvalue weighted by atomic mass is 10.0. The normalized spacial score (nSPS) is 11.9. The Morgan fingerprint density at radius 1 is 1.05 bits per heavy atom. The molecule has 2 rings (SSSR count). The van der Waals surface area contributed by atoms with E-state index >= 15 is 0 Å². The van der Waals surface area contributed by atoms with Crippen LogP contribution in [0, 0.1) is 6.92 Å². The molecule has 2 aromatic carbocycles.